The molecule has 0 unspecified atom stereocenters. The average Bonchev–Trinajstić information content (AvgIpc) is 3.36. The fourth-order valence-corrected chi connectivity index (χ4v) is 3.67. The van der Waals surface area contributed by atoms with Gasteiger partial charge in [0.05, 0.1) is 6.54 Å². The highest BCUT2D eigenvalue weighted by Crippen LogP contribution is 2.22. The van der Waals surface area contributed by atoms with Crippen LogP contribution < -0.4 is 15.5 Å². The molecule has 1 atom stereocenters. The second-order valence-corrected chi connectivity index (χ2v) is 6.79. The van der Waals surface area contributed by atoms with Crippen molar-refractivity contribution in [3.8, 4) is 0 Å². The van der Waals surface area contributed by atoms with Gasteiger partial charge in [-0.15, -0.1) is 10.2 Å². The molecule has 2 aromatic rings. The molecule has 7 nitrogen and oxygen atoms in total. The number of urea groups is 1. The van der Waals surface area contributed by atoms with E-state index in [1.165, 1.54) is 5.69 Å². The summed E-state index contributed by atoms with van der Waals surface area (Å²) in [6.45, 7) is 4.12. The number of nitrogens with zero attached hydrogens (tertiary/aromatic N) is 4. The Balaban J connectivity index is 1.20. The number of hydrogen-bond donors (Lipinski definition) is 2. The summed E-state index contributed by atoms with van der Waals surface area (Å²) in [4.78, 5) is 14.4. The summed E-state index contributed by atoms with van der Waals surface area (Å²) < 4.78 is 2.11. The highest BCUT2D eigenvalue weighted by atomic mass is 16.2. The number of para-hydroxylation sites is 1. The summed E-state index contributed by atoms with van der Waals surface area (Å²) in [7, 11) is 0. The van der Waals surface area contributed by atoms with E-state index in [0.29, 0.717) is 19.0 Å². The van der Waals surface area contributed by atoms with Gasteiger partial charge in [0.15, 0.2) is 5.82 Å². The maximum atomic E-state index is 12.1. The first-order chi connectivity index (χ1) is 12.3. The molecule has 2 aliphatic heterocycles. The van der Waals surface area contributed by atoms with Gasteiger partial charge in [0.2, 0.25) is 0 Å². The van der Waals surface area contributed by atoms with Gasteiger partial charge in [0.1, 0.15) is 5.82 Å². The molecule has 0 aliphatic carbocycles. The van der Waals surface area contributed by atoms with Crippen molar-refractivity contribution in [1.29, 1.82) is 0 Å². The van der Waals surface area contributed by atoms with Crippen molar-refractivity contribution in [3.05, 3.63) is 42.0 Å². The Morgan fingerprint density at radius 3 is 2.92 bits per heavy atom. The summed E-state index contributed by atoms with van der Waals surface area (Å²) >= 11 is 0. The van der Waals surface area contributed by atoms with E-state index in [0.717, 1.165) is 50.5 Å². The monoisotopic (exact) mass is 340 g/mol. The van der Waals surface area contributed by atoms with E-state index < -0.39 is 0 Å². The molecule has 1 aromatic carbocycles. The molecular formula is C18H24N6O. The van der Waals surface area contributed by atoms with Crippen LogP contribution in [0.1, 0.15) is 24.5 Å². The molecule has 7 heteroatoms. The van der Waals surface area contributed by atoms with Gasteiger partial charge in [-0.3, -0.25) is 0 Å². The fraction of sp³-hybridized carbons (Fsp3) is 0.500. The zero-order valence-electron chi connectivity index (χ0n) is 14.3. The number of carbonyl (C=O) groups is 1. The summed E-state index contributed by atoms with van der Waals surface area (Å²) in [5, 5.41) is 14.2. The summed E-state index contributed by atoms with van der Waals surface area (Å²) in [5.41, 5.74) is 1.26. The molecule has 2 aliphatic rings. The van der Waals surface area contributed by atoms with Crippen molar-refractivity contribution in [2.45, 2.75) is 32.4 Å². The third-order valence-corrected chi connectivity index (χ3v) is 5.05. The van der Waals surface area contributed by atoms with Crippen LogP contribution in [0.4, 0.5) is 10.5 Å². The summed E-state index contributed by atoms with van der Waals surface area (Å²) in [5.74, 6) is 2.37. The molecule has 2 amide bonds. The summed E-state index contributed by atoms with van der Waals surface area (Å²) in [6.07, 6.45) is 3.20. The molecule has 2 N–H and O–H groups in total. The van der Waals surface area contributed by atoms with Gasteiger partial charge in [-0.25, -0.2) is 4.79 Å². The maximum absolute atomic E-state index is 12.1. The van der Waals surface area contributed by atoms with E-state index in [1.807, 2.05) is 6.07 Å². The van der Waals surface area contributed by atoms with Crippen LogP contribution in [-0.2, 0) is 19.5 Å². The topological polar surface area (TPSA) is 75.1 Å². The zero-order chi connectivity index (χ0) is 17.1. The molecule has 25 heavy (non-hydrogen) atoms. The third kappa shape index (κ3) is 3.60. The van der Waals surface area contributed by atoms with Gasteiger partial charge < -0.3 is 20.1 Å². The van der Waals surface area contributed by atoms with E-state index in [9.17, 15) is 4.79 Å². The van der Waals surface area contributed by atoms with Crippen LogP contribution >= 0.6 is 0 Å². The van der Waals surface area contributed by atoms with Gasteiger partial charge in [0, 0.05) is 38.3 Å². The lowest BCUT2D eigenvalue weighted by molar-refractivity contribution is 0.238. The van der Waals surface area contributed by atoms with Gasteiger partial charge in [-0.1, -0.05) is 18.2 Å². The molecule has 132 valence electrons. The average molecular weight is 340 g/mol. The van der Waals surface area contributed by atoms with Gasteiger partial charge in [-0.2, -0.15) is 0 Å². The molecule has 4 rings (SSSR count). The van der Waals surface area contributed by atoms with Gasteiger partial charge in [0.25, 0.3) is 0 Å². The number of aromatic nitrogens is 3. The number of anilines is 1. The van der Waals surface area contributed by atoms with Crippen LogP contribution in [0.2, 0.25) is 0 Å². The largest absolute Gasteiger partial charge is 0.371 e. The lowest BCUT2D eigenvalue weighted by atomic mass is 10.1. The minimum atomic E-state index is -0.131. The predicted octanol–water partition coefficient (Wildman–Crippen LogP) is 1.55. The second kappa shape index (κ2) is 7.13. The van der Waals surface area contributed by atoms with E-state index >= 15 is 0 Å². The highest BCUT2D eigenvalue weighted by molar-refractivity contribution is 5.73. The van der Waals surface area contributed by atoms with Gasteiger partial charge >= 0.3 is 6.03 Å². The smallest absolute Gasteiger partial charge is 0.315 e. The first-order valence-corrected chi connectivity index (χ1v) is 9.02. The lowest BCUT2D eigenvalue weighted by Crippen LogP contribution is -2.39. The van der Waals surface area contributed by atoms with Crippen LogP contribution in [0.3, 0.4) is 0 Å². The maximum Gasteiger partial charge on any atom is 0.315 e. The van der Waals surface area contributed by atoms with Crippen molar-refractivity contribution < 1.29 is 4.79 Å². The Morgan fingerprint density at radius 1 is 1.16 bits per heavy atom. The molecule has 1 saturated heterocycles. The molecule has 0 spiro atoms. The van der Waals surface area contributed by atoms with Crippen LogP contribution in [0.25, 0.3) is 0 Å². The Hall–Kier alpha value is -2.57. The van der Waals surface area contributed by atoms with E-state index in [-0.39, 0.29) is 6.03 Å². The van der Waals surface area contributed by atoms with Crippen molar-refractivity contribution in [3.63, 3.8) is 0 Å². The fourth-order valence-electron chi connectivity index (χ4n) is 3.67. The number of rotatable bonds is 5. The van der Waals surface area contributed by atoms with Crippen LogP contribution in [0.5, 0.6) is 0 Å². The number of amides is 2. The Labute approximate surface area is 147 Å². The number of carbonyl (C=O) groups excluding carboxylic acids is 1. The van der Waals surface area contributed by atoms with Crippen molar-refractivity contribution >= 4 is 11.7 Å². The highest BCUT2D eigenvalue weighted by Gasteiger charge is 2.23. The number of nitrogens with one attached hydrogen (secondary N) is 2. The first kappa shape index (κ1) is 15.9. The molecular weight excluding hydrogens is 316 g/mol. The van der Waals surface area contributed by atoms with E-state index in [4.69, 9.17) is 0 Å². The van der Waals surface area contributed by atoms with Crippen LogP contribution in [-0.4, -0.2) is 40.4 Å². The Morgan fingerprint density at radius 2 is 2.04 bits per heavy atom. The molecule has 1 fully saturated rings. The van der Waals surface area contributed by atoms with Crippen molar-refractivity contribution in [2.24, 2.45) is 5.92 Å². The van der Waals surface area contributed by atoms with Crippen molar-refractivity contribution in [2.75, 3.05) is 24.5 Å². The second-order valence-electron chi connectivity index (χ2n) is 6.79. The van der Waals surface area contributed by atoms with Crippen LogP contribution in [0.15, 0.2) is 30.3 Å². The third-order valence-electron chi connectivity index (χ3n) is 5.05. The predicted molar refractivity (Wildman–Crippen MR) is 95.3 cm³/mol. The molecule has 3 heterocycles. The van der Waals surface area contributed by atoms with E-state index in [1.54, 1.807) is 0 Å². The zero-order valence-corrected chi connectivity index (χ0v) is 14.3. The Kier molecular flexibility index (Phi) is 4.54. The van der Waals surface area contributed by atoms with Gasteiger partial charge in [-0.05, 0) is 30.9 Å². The molecule has 0 bridgehead atoms. The number of aryl methyl sites for hydroxylation is 1. The number of fused-ring (bicyclic) bond motifs is 1. The lowest BCUT2D eigenvalue weighted by Gasteiger charge is -2.18. The quantitative estimate of drug-likeness (QED) is 0.866. The minimum absolute atomic E-state index is 0.131. The SMILES string of the molecule is O=C(NCc1nnc2n1CCC2)NC[C@H]1CCN(c2ccccc2)C1. The molecule has 0 radical (unpaired) electrons. The first-order valence-electron chi connectivity index (χ1n) is 9.02. The standard InChI is InChI=1S/C18H24N6O/c25-18(20-12-17-22-21-16-7-4-9-24(16)17)19-11-14-8-10-23(13-14)15-5-2-1-3-6-15/h1-3,5-6,14H,4,7-13H2,(H2,19,20,25)/t14-/m1/s1. The number of benzene rings is 1. The molecule has 1 aromatic heterocycles. The molecule has 0 saturated carbocycles. The van der Waals surface area contributed by atoms with E-state index in [2.05, 4.69) is 54.6 Å². The minimum Gasteiger partial charge on any atom is -0.371 e. The van der Waals surface area contributed by atoms with Crippen molar-refractivity contribution in [1.82, 2.24) is 25.4 Å². The summed E-state index contributed by atoms with van der Waals surface area (Å²) in [6, 6.07) is 10.3. The normalized spacial score (nSPS) is 19.0. The van der Waals surface area contributed by atoms with Crippen LogP contribution in [0, 0.1) is 5.92 Å². The number of hydrogen-bond acceptors (Lipinski definition) is 4. The Bertz CT molecular complexity index is 728.